The molecular formula is C42H62N10O10. The molecule has 2 atom stereocenters. The third kappa shape index (κ3) is 19.2. The van der Waals surface area contributed by atoms with Crippen molar-refractivity contribution >= 4 is 41.1 Å². The van der Waals surface area contributed by atoms with Crippen molar-refractivity contribution in [1.29, 1.82) is 0 Å². The number of aromatic nitrogens is 4. The van der Waals surface area contributed by atoms with Crippen LogP contribution >= 0.6 is 0 Å². The molecule has 0 fully saturated rings. The molecule has 0 saturated heterocycles. The normalized spacial score (nSPS) is 11.6. The van der Waals surface area contributed by atoms with Gasteiger partial charge in [-0.2, -0.15) is 0 Å². The summed E-state index contributed by atoms with van der Waals surface area (Å²) in [6.07, 6.45) is 8.64. The number of alkyl carbamates (subject to hydrolysis) is 1. The van der Waals surface area contributed by atoms with Crippen LogP contribution in [0.5, 0.6) is 11.8 Å². The Labute approximate surface area is 362 Å². The van der Waals surface area contributed by atoms with Crippen molar-refractivity contribution in [3.05, 3.63) is 72.4 Å². The molecule has 0 aromatic carbocycles. The summed E-state index contributed by atoms with van der Waals surface area (Å²) in [6.45, 7) is 5.79. The molecule has 4 aromatic rings. The lowest BCUT2D eigenvalue weighted by Crippen LogP contribution is -2.43. The molecule has 0 aliphatic carbocycles. The summed E-state index contributed by atoms with van der Waals surface area (Å²) in [4.78, 5) is 74.3. The summed E-state index contributed by atoms with van der Waals surface area (Å²) < 4.78 is 25.1. The number of nitrogens with zero attached hydrogens (tertiary/aromatic N) is 6. The van der Waals surface area contributed by atoms with Crippen LogP contribution in [0, 0.1) is 0 Å². The van der Waals surface area contributed by atoms with Crippen LogP contribution in [0.1, 0.15) is 87.4 Å². The first-order valence-electron chi connectivity index (χ1n) is 19.7. The molecule has 0 aliphatic heterocycles. The zero-order valence-electron chi connectivity index (χ0n) is 35.8. The summed E-state index contributed by atoms with van der Waals surface area (Å²) in [5, 5.41) is 15.4. The second-order valence-electron chi connectivity index (χ2n) is 15.0. The largest absolute Gasteiger partial charge is 0.467 e. The van der Waals surface area contributed by atoms with E-state index in [2.05, 4.69) is 45.3 Å². The molecule has 0 radical (unpaired) electrons. The summed E-state index contributed by atoms with van der Waals surface area (Å²) >= 11 is 0. The Morgan fingerprint density at radius 2 is 1.15 bits per heavy atom. The summed E-state index contributed by atoms with van der Waals surface area (Å²) in [5.41, 5.74) is 5.67. The highest BCUT2D eigenvalue weighted by Gasteiger charge is 2.24. The molecule has 20 heteroatoms. The van der Waals surface area contributed by atoms with E-state index >= 15 is 0 Å². The molecule has 0 spiro atoms. The van der Waals surface area contributed by atoms with Gasteiger partial charge in [-0.15, -0.1) is 0 Å². The van der Waals surface area contributed by atoms with E-state index < -0.39 is 29.7 Å². The van der Waals surface area contributed by atoms with E-state index in [-0.39, 0.29) is 49.9 Å². The highest BCUT2D eigenvalue weighted by atomic mass is 16.6. The second-order valence-corrected chi connectivity index (χ2v) is 15.0. The van der Waals surface area contributed by atoms with Crippen LogP contribution in [-0.2, 0) is 14.3 Å². The number of ketones is 2. The molecule has 5 N–H and O–H groups in total. The third-order valence-electron chi connectivity index (χ3n) is 8.41. The lowest BCUT2D eigenvalue weighted by molar-refractivity contribution is -0.123. The van der Waals surface area contributed by atoms with Crippen molar-refractivity contribution in [2.75, 3.05) is 64.3 Å². The van der Waals surface area contributed by atoms with Gasteiger partial charge >= 0.3 is 6.09 Å². The van der Waals surface area contributed by atoms with Crippen molar-refractivity contribution < 1.29 is 47.2 Å². The van der Waals surface area contributed by atoms with Gasteiger partial charge in [-0.1, -0.05) is 7.43 Å². The molecule has 3 amide bonds. The lowest BCUT2D eigenvalue weighted by Gasteiger charge is -2.20. The number of ether oxygens (including phenoxy) is 3. The van der Waals surface area contributed by atoms with Crippen LogP contribution in [0.15, 0.2) is 70.4 Å². The molecule has 0 unspecified atom stereocenters. The van der Waals surface area contributed by atoms with Gasteiger partial charge in [0.15, 0.2) is 24.8 Å². The first-order valence-corrected chi connectivity index (χ1v) is 19.7. The molecule has 4 aromatic heterocycles. The topological polar surface area (TPSA) is 259 Å². The molecule has 340 valence electrons. The maximum absolute atomic E-state index is 12.8. The quantitative estimate of drug-likeness (QED) is 0.0761. The lowest BCUT2D eigenvalue weighted by atomic mass is 10.0. The van der Waals surface area contributed by atoms with E-state index in [1.807, 2.05) is 38.0 Å². The van der Waals surface area contributed by atoms with Gasteiger partial charge in [-0.3, -0.25) is 19.2 Å². The fourth-order valence-electron chi connectivity index (χ4n) is 5.19. The van der Waals surface area contributed by atoms with Crippen molar-refractivity contribution in [3.8, 4) is 11.8 Å². The number of hydrogen-bond acceptors (Lipinski definition) is 17. The Hall–Kier alpha value is -6.57. The van der Waals surface area contributed by atoms with Crippen LogP contribution in [-0.4, -0.2) is 122 Å². The number of anilines is 2. The zero-order chi connectivity index (χ0) is 44.8. The molecule has 20 nitrogen and oxygen atoms in total. The maximum atomic E-state index is 12.8. The molecular weight excluding hydrogens is 805 g/mol. The first-order chi connectivity index (χ1) is 29.1. The van der Waals surface area contributed by atoms with Crippen LogP contribution in [0.3, 0.4) is 0 Å². The molecule has 4 rings (SSSR count). The predicted octanol–water partition coefficient (Wildman–Crippen LogP) is 4.22. The molecule has 62 heavy (non-hydrogen) atoms. The van der Waals surface area contributed by atoms with Crippen molar-refractivity contribution in [2.45, 2.75) is 84.4 Å². The van der Waals surface area contributed by atoms with E-state index in [0.717, 1.165) is 18.7 Å². The number of carbonyl (C=O) groups excluding carboxylic acids is 5. The van der Waals surface area contributed by atoms with E-state index in [1.54, 1.807) is 45.0 Å². The van der Waals surface area contributed by atoms with Crippen LogP contribution in [0.2, 0.25) is 0 Å². The standard InChI is InChI=1S/C23H33N5O6.C18H25N5O4.CH4/c1-23(2,3)34-22(31)24-12-7-6-8-17(18(29)15-32-20-11-13-33-27-20)26-21(30)16-9-10-19(25-14-16)28(4)5;1-23(2)16-7-6-13(11-20-16)18(25)21-14(5-3-4-9-19)15(24)12-26-17-8-10-27-22-17;/h9-11,13-14,17H,6-8,12,15H2,1-5H3,(H,24,31)(H,26,30);6-8,10-11,14H,3-5,9,12,19H2,1-2H3,(H,21,25);1H4/t17-;14-;/m00./s1. The van der Waals surface area contributed by atoms with Crippen LogP contribution in [0.4, 0.5) is 16.4 Å². The van der Waals surface area contributed by atoms with Crippen LogP contribution < -0.4 is 41.0 Å². The Balaban J connectivity index is 0.000000430. The number of nitrogens with two attached hydrogens (primary N) is 1. The van der Waals surface area contributed by atoms with E-state index in [1.165, 1.54) is 37.1 Å². The number of Topliss-reactive ketones (excluding diaryl/α,β-unsaturated/α-hetero) is 2. The third-order valence-corrected chi connectivity index (χ3v) is 8.41. The fourth-order valence-corrected chi connectivity index (χ4v) is 5.19. The Morgan fingerprint density at radius 3 is 1.50 bits per heavy atom. The Morgan fingerprint density at radius 1 is 0.694 bits per heavy atom. The zero-order valence-corrected chi connectivity index (χ0v) is 35.8. The van der Waals surface area contributed by atoms with Gasteiger partial charge in [0.05, 0.1) is 23.2 Å². The minimum absolute atomic E-state index is 0. The fraction of sp³-hybridized carbons (Fsp3) is 0.500. The average Bonchev–Trinajstić information content (AvgIpc) is 3.96. The first kappa shape index (κ1) is 51.6. The summed E-state index contributed by atoms with van der Waals surface area (Å²) in [6, 6.07) is 8.32. The number of unbranched alkanes of at least 4 members (excludes halogenated alkanes) is 2. The summed E-state index contributed by atoms with van der Waals surface area (Å²) in [7, 11) is 7.43. The minimum Gasteiger partial charge on any atom is -0.467 e. The summed E-state index contributed by atoms with van der Waals surface area (Å²) in [5.74, 6) is 0.522. The highest BCUT2D eigenvalue weighted by molar-refractivity contribution is 5.99. The van der Waals surface area contributed by atoms with E-state index in [9.17, 15) is 24.0 Å². The van der Waals surface area contributed by atoms with Crippen LogP contribution in [0.25, 0.3) is 0 Å². The maximum Gasteiger partial charge on any atom is 0.407 e. The van der Waals surface area contributed by atoms with E-state index in [0.29, 0.717) is 55.7 Å². The van der Waals surface area contributed by atoms with Gasteiger partial charge in [0.1, 0.15) is 29.8 Å². The van der Waals surface area contributed by atoms with Gasteiger partial charge in [-0.05, 0) is 100 Å². The highest BCUT2D eigenvalue weighted by Crippen LogP contribution is 2.13. The van der Waals surface area contributed by atoms with Gasteiger partial charge in [0, 0.05) is 59.3 Å². The minimum atomic E-state index is -0.783. The Bertz CT molecular complexity index is 1920. The Kier molecular flexibility index (Phi) is 22.1. The van der Waals surface area contributed by atoms with Crippen molar-refractivity contribution in [2.24, 2.45) is 5.73 Å². The van der Waals surface area contributed by atoms with Gasteiger partial charge < -0.3 is 54.7 Å². The monoisotopic (exact) mass is 866 g/mol. The number of pyridine rings is 2. The SMILES string of the molecule is C.CN(C)c1ccc(C(=O)N[C@@H](CCCCN)C(=O)COc2ccon2)cn1.CN(C)c1ccc(C(=O)N[C@@H](CCCCNC(=O)OC(C)(C)C)C(=O)COc2ccon2)cn1. The number of hydrogen-bond donors (Lipinski definition) is 4. The molecule has 0 bridgehead atoms. The molecule has 0 saturated carbocycles. The van der Waals surface area contributed by atoms with Gasteiger partial charge in [0.2, 0.25) is 0 Å². The smallest absolute Gasteiger partial charge is 0.407 e. The number of nitrogens with one attached hydrogen (secondary N) is 3. The van der Waals surface area contributed by atoms with Gasteiger partial charge in [-0.25, -0.2) is 14.8 Å². The number of rotatable bonds is 23. The average molecular weight is 867 g/mol. The van der Waals surface area contributed by atoms with Crippen molar-refractivity contribution in [1.82, 2.24) is 36.2 Å². The van der Waals surface area contributed by atoms with Crippen molar-refractivity contribution in [3.63, 3.8) is 0 Å². The predicted molar refractivity (Wildman–Crippen MR) is 231 cm³/mol. The van der Waals surface area contributed by atoms with E-state index in [4.69, 9.17) is 19.9 Å². The number of amides is 3. The number of carbonyl (C=O) groups is 5. The second kappa shape index (κ2) is 26.6. The molecule has 4 heterocycles. The van der Waals surface area contributed by atoms with Gasteiger partial charge in [0.25, 0.3) is 23.6 Å². The molecule has 0 aliphatic rings.